The van der Waals surface area contributed by atoms with Crippen LogP contribution in [0.1, 0.15) is 6.92 Å². The number of rotatable bonds is 4. The van der Waals surface area contributed by atoms with E-state index in [1.807, 2.05) is 13.2 Å². The number of hydrogen-bond acceptors (Lipinski definition) is 3. The Labute approximate surface area is 59.6 Å². The summed E-state index contributed by atoms with van der Waals surface area (Å²) < 4.78 is 0. The topological polar surface area (TPSA) is 37.3 Å². The number of thioether (sulfide) groups is 1. The lowest BCUT2D eigenvalue weighted by atomic mass is 10.1. The van der Waals surface area contributed by atoms with Gasteiger partial charge in [-0.3, -0.25) is 0 Å². The van der Waals surface area contributed by atoms with E-state index in [9.17, 15) is 4.79 Å². The van der Waals surface area contributed by atoms with Crippen molar-refractivity contribution >= 4 is 18.0 Å². The molecule has 3 heteroatoms. The number of aliphatic hydroxyl groups is 1. The molecule has 0 aliphatic carbocycles. The lowest BCUT2D eigenvalue weighted by Gasteiger charge is -2.10. The number of carbonyl (C=O) groups excluding carboxylic acids is 1. The van der Waals surface area contributed by atoms with E-state index in [0.717, 1.165) is 5.75 Å². The van der Waals surface area contributed by atoms with Crippen LogP contribution >= 0.6 is 11.8 Å². The molecule has 0 saturated heterocycles. The molecule has 1 N–H and O–H groups in total. The zero-order valence-electron chi connectivity index (χ0n) is 5.70. The highest BCUT2D eigenvalue weighted by atomic mass is 32.2. The van der Waals surface area contributed by atoms with Crippen LogP contribution in [-0.4, -0.2) is 29.5 Å². The van der Waals surface area contributed by atoms with Gasteiger partial charge in [-0.25, -0.2) is 0 Å². The van der Waals surface area contributed by atoms with Crippen LogP contribution in [0.25, 0.3) is 0 Å². The van der Waals surface area contributed by atoms with Crippen LogP contribution < -0.4 is 0 Å². The highest BCUT2D eigenvalue weighted by molar-refractivity contribution is 7.98. The molecule has 0 aromatic heterocycles. The SMILES string of the molecule is CSCC(C)C(O)C=O. The van der Waals surface area contributed by atoms with E-state index in [0.29, 0.717) is 6.29 Å². The molecular formula is C6H12O2S. The quantitative estimate of drug-likeness (QED) is 0.591. The summed E-state index contributed by atoms with van der Waals surface area (Å²) >= 11 is 1.63. The Morgan fingerprint density at radius 1 is 1.78 bits per heavy atom. The summed E-state index contributed by atoms with van der Waals surface area (Å²) in [7, 11) is 0. The van der Waals surface area contributed by atoms with Crippen molar-refractivity contribution in [3.63, 3.8) is 0 Å². The Morgan fingerprint density at radius 3 is 2.67 bits per heavy atom. The first-order valence-electron chi connectivity index (χ1n) is 2.84. The molecule has 2 nitrogen and oxygen atoms in total. The third-order valence-corrected chi connectivity index (χ3v) is 2.01. The van der Waals surface area contributed by atoms with Gasteiger partial charge in [0.2, 0.25) is 0 Å². The van der Waals surface area contributed by atoms with Gasteiger partial charge in [0.1, 0.15) is 12.4 Å². The van der Waals surface area contributed by atoms with Crippen LogP contribution in [0.5, 0.6) is 0 Å². The molecule has 0 aromatic carbocycles. The fourth-order valence-electron chi connectivity index (χ4n) is 0.496. The summed E-state index contributed by atoms with van der Waals surface area (Å²) in [5.74, 6) is 0.914. The molecule has 0 saturated carbocycles. The van der Waals surface area contributed by atoms with Gasteiger partial charge in [0, 0.05) is 0 Å². The highest BCUT2D eigenvalue weighted by Gasteiger charge is 2.10. The van der Waals surface area contributed by atoms with Crippen molar-refractivity contribution in [1.29, 1.82) is 0 Å². The molecule has 0 amide bonds. The minimum absolute atomic E-state index is 0.0810. The Hall–Kier alpha value is -0.0200. The van der Waals surface area contributed by atoms with Crippen molar-refractivity contribution in [3.8, 4) is 0 Å². The second-order valence-electron chi connectivity index (χ2n) is 2.06. The van der Waals surface area contributed by atoms with Gasteiger partial charge >= 0.3 is 0 Å². The summed E-state index contributed by atoms with van der Waals surface area (Å²) in [5.41, 5.74) is 0. The van der Waals surface area contributed by atoms with Crippen LogP contribution in [-0.2, 0) is 4.79 Å². The molecule has 0 aliphatic heterocycles. The smallest absolute Gasteiger partial charge is 0.148 e. The van der Waals surface area contributed by atoms with Gasteiger partial charge in [0.15, 0.2) is 0 Å². The number of hydrogen-bond donors (Lipinski definition) is 1. The molecule has 0 spiro atoms. The highest BCUT2D eigenvalue weighted by Crippen LogP contribution is 2.07. The Bertz CT molecular complexity index is 85.1. The number of aliphatic hydroxyl groups excluding tert-OH is 1. The first kappa shape index (κ1) is 8.98. The lowest BCUT2D eigenvalue weighted by Crippen LogP contribution is -2.20. The fourth-order valence-corrected chi connectivity index (χ4v) is 1.22. The van der Waals surface area contributed by atoms with Gasteiger partial charge < -0.3 is 9.90 Å². The van der Waals surface area contributed by atoms with Gasteiger partial charge in [-0.05, 0) is 17.9 Å². The molecule has 0 heterocycles. The lowest BCUT2D eigenvalue weighted by molar-refractivity contribution is -0.116. The predicted molar refractivity (Wildman–Crippen MR) is 39.6 cm³/mol. The monoisotopic (exact) mass is 148 g/mol. The van der Waals surface area contributed by atoms with E-state index in [-0.39, 0.29) is 5.92 Å². The van der Waals surface area contributed by atoms with Crippen molar-refractivity contribution in [2.24, 2.45) is 5.92 Å². The van der Waals surface area contributed by atoms with Gasteiger partial charge in [-0.1, -0.05) is 6.92 Å². The molecule has 0 fully saturated rings. The molecule has 54 valence electrons. The minimum atomic E-state index is -0.780. The van der Waals surface area contributed by atoms with Crippen molar-refractivity contribution < 1.29 is 9.90 Å². The summed E-state index contributed by atoms with van der Waals surface area (Å²) in [6.07, 6.45) is 1.76. The van der Waals surface area contributed by atoms with Crippen LogP contribution in [0, 0.1) is 5.92 Å². The predicted octanol–water partition coefficient (Wildman–Crippen LogP) is 0.545. The first-order chi connectivity index (χ1) is 4.22. The average Bonchev–Trinajstić information content (AvgIpc) is 1.87. The maximum atomic E-state index is 9.96. The Balaban J connectivity index is 3.44. The molecule has 0 rings (SSSR count). The van der Waals surface area contributed by atoms with Gasteiger partial charge in [0.05, 0.1) is 0 Å². The third kappa shape index (κ3) is 3.54. The average molecular weight is 148 g/mol. The zero-order chi connectivity index (χ0) is 7.28. The minimum Gasteiger partial charge on any atom is -0.385 e. The van der Waals surface area contributed by atoms with Crippen LogP contribution in [0.4, 0.5) is 0 Å². The molecule has 2 atom stereocenters. The van der Waals surface area contributed by atoms with E-state index in [2.05, 4.69) is 0 Å². The van der Waals surface area contributed by atoms with E-state index in [4.69, 9.17) is 5.11 Å². The van der Waals surface area contributed by atoms with Crippen molar-refractivity contribution in [1.82, 2.24) is 0 Å². The van der Waals surface area contributed by atoms with Crippen molar-refractivity contribution in [2.45, 2.75) is 13.0 Å². The summed E-state index contributed by atoms with van der Waals surface area (Å²) in [5, 5.41) is 8.88. The van der Waals surface area contributed by atoms with E-state index < -0.39 is 6.10 Å². The zero-order valence-corrected chi connectivity index (χ0v) is 6.52. The molecule has 0 radical (unpaired) electrons. The van der Waals surface area contributed by atoms with Gasteiger partial charge in [-0.15, -0.1) is 0 Å². The molecule has 9 heavy (non-hydrogen) atoms. The van der Waals surface area contributed by atoms with E-state index >= 15 is 0 Å². The van der Waals surface area contributed by atoms with Crippen LogP contribution in [0.2, 0.25) is 0 Å². The maximum Gasteiger partial charge on any atom is 0.148 e. The first-order valence-corrected chi connectivity index (χ1v) is 4.24. The number of aldehydes is 1. The van der Waals surface area contributed by atoms with Gasteiger partial charge in [-0.2, -0.15) is 11.8 Å². The van der Waals surface area contributed by atoms with Crippen molar-refractivity contribution in [2.75, 3.05) is 12.0 Å². The van der Waals surface area contributed by atoms with Crippen LogP contribution in [0.3, 0.4) is 0 Å². The summed E-state index contributed by atoms with van der Waals surface area (Å²) in [6.45, 7) is 1.86. The molecule has 0 aromatic rings. The van der Waals surface area contributed by atoms with E-state index in [1.165, 1.54) is 0 Å². The Kier molecular flexibility index (Phi) is 4.81. The molecular weight excluding hydrogens is 136 g/mol. The molecule has 0 bridgehead atoms. The summed E-state index contributed by atoms with van der Waals surface area (Å²) in [4.78, 5) is 9.96. The van der Waals surface area contributed by atoms with Crippen molar-refractivity contribution in [3.05, 3.63) is 0 Å². The van der Waals surface area contributed by atoms with Gasteiger partial charge in [0.25, 0.3) is 0 Å². The molecule has 0 aliphatic rings. The largest absolute Gasteiger partial charge is 0.385 e. The third-order valence-electron chi connectivity index (χ3n) is 1.15. The van der Waals surface area contributed by atoms with E-state index in [1.54, 1.807) is 11.8 Å². The fraction of sp³-hybridized carbons (Fsp3) is 0.833. The second kappa shape index (κ2) is 4.82. The molecule has 2 unspecified atom stereocenters. The second-order valence-corrected chi connectivity index (χ2v) is 2.97. The summed E-state index contributed by atoms with van der Waals surface area (Å²) in [6, 6.07) is 0. The standard InChI is InChI=1S/C6H12O2S/c1-5(4-9-2)6(8)3-7/h3,5-6,8H,4H2,1-2H3. The maximum absolute atomic E-state index is 9.96. The normalized spacial score (nSPS) is 16.8. The Morgan fingerprint density at radius 2 is 2.33 bits per heavy atom. The number of carbonyl (C=O) groups is 1. The van der Waals surface area contributed by atoms with Crippen LogP contribution in [0.15, 0.2) is 0 Å².